The van der Waals surface area contributed by atoms with Gasteiger partial charge in [0.25, 0.3) is 0 Å². The normalized spacial score (nSPS) is 40.6. The molecule has 1 aromatic rings. The van der Waals surface area contributed by atoms with E-state index in [4.69, 9.17) is 11.6 Å². The summed E-state index contributed by atoms with van der Waals surface area (Å²) < 4.78 is 0. The highest BCUT2D eigenvalue weighted by atomic mass is 35.5. The van der Waals surface area contributed by atoms with Gasteiger partial charge >= 0.3 is 0 Å². The smallest absolute Gasteiger partial charge is 0.240 e. The predicted molar refractivity (Wildman–Crippen MR) is 96.1 cm³/mol. The van der Waals surface area contributed by atoms with Crippen LogP contribution in [0.4, 0.5) is 5.95 Å². The van der Waals surface area contributed by atoms with Crippen molar-refractivity contribution in [3.05, 3.63) is 16.9 Å². The van der Waals surface area contributed by atoms with Crippen molar-refractivity contribution in [3.63, 3.8) is 0 Å². The molecule has 1 aliphatic heterocycles. The van der Waals surface area contributed by atoms with Gasteiger partial charge in [-0.2, -0.15) is 0 Å². The van der Waals surface area contributed by atoms with Crippen LogP contribution in [0.25, 0.3) is 0 Å². The molecular weight excluding hydrogens is 342 g/mol. The molecule has 4 nitrogen and oxygen atoms in total. The summed E-state index contributed by atoms with van der Waals surface area (Å²) in [6.07, 6.45) is 8.08. The van der Waals surface area contributed by atoms with Gasteiger partial charge in [0, 0.05) is 11.1 Å². The summed E-state index contributed by atoms with van der Waals surface area (Å²) in [6, 6.07) is 1.75. The molecule has 6 rings (SSSR count). The van der Waals surface area contributed by atoms with Crippen molar-refractivity contribution in [1.29, 1.82) is 0 Å². The van der Waals surface area contributed by atoms with Gasteiger partial charge in [-0.05, 0) is 69.3 Å². The standard InChI is InChI=1S/C18H22ClN3OS/c1-10-2-14(19)21-17(20-10)22-15(23)9-24-16(22)18-6-11-3-12(7-18)5-13(4-11)8-18/h2,11-13,16H,3-9H2,1H3. The summed E-state index contributed by atoms with van der Waals surface area (Å²) in [4.78, 5) is 23.5. The minimum atomic E-state index is 0.141. The highest BCUT2D eigenvalue weighted by Gasteiger charge is 2.58. The van der Waals surface area contributed by atoms with Crippen LogP contribution in [0.15, 0.2) is 6.07 Å². The minimum absolute atomic E-state index is 0.141. The second kappa shape index (κ2) is 5.34. The number of carbonyl (C=O) groups is 1. The van der Waals surface area contributed by atoms with E-state index >= 15 is 0 Å². The van der Waals surface area contributed by atoms with Crippen molar-refractivity contribution in [3.8, 4) is 0 Å². The first kappa shape index (κ1) is 15.4. The third-order valence-corrected chi connectivity index (χ3v) is 8.14. The number of nitrogens with zero attached hydrogens (tertiary/aromatic N) is 3. The Morgan fingerprint density at radius 1 is 1.17 bits per heavy atom. The molecule has 24 heavy (non-hydrogen) atoms. The summed E-state index contributed by atoms with van der Waals surface area (Å²) in [5.41, 5.74) is 1.09. The van der Waals surface area contributed by atoms with Gasteiger partial charge in [0.1, 0.15) is 5.15 Å². The van der Waals surface area contributed by atoms with Gasteiger partial charge in [0.05, 0.1) is 11.1 Å². The third kappa shape index (κ3) is 2.31. The fourth-order valence-electron chi connectivity index (χ4n) is 6.20. The molecule has 5 aliphatic rings. The Kier molecular flexibility index (Phi) is 3.44. The zero-order valence-corrected chi connectivity index (χ0v) is 15.4. The lowest BCUT2D eigenvalue weighted by Crippen LogP contribution is -2.55. The Bertz CT molecular complexity index is 654. The van der Waals surface area contributed by atoms with Gasteiger partial charge in [-0.25, -0.2) is 9.97 Å². The Morgan fingerprint density at radius 3 is 2.38 bits per heavy atom. The van der Waals surface area contributed by atoms with Crippen LogP contribution in [0.1, 0.15) is 44.2 Å². The Morgan fingerprint density at radius 2 is 1.79 bits per heavy atom. The van der Waals surface area contributed by atoms with Gasteiger partial charge < -0.3 is 0 Å². The van der Waals surface area contributed by atoms with Crippen molar-refractivity contribution < 1.29 is 4.79 Å². The number of rotatable bonds is 2. The fourth-order valence-corrected chi connectivity index (χ4v) is 7.87. The number of halogens is 1. The predicted octanol–water partition coefficient (Wildman–Crippen LogP) is 4.06. The van der Waals surface area contributed by atoms with Gasteiger partial charge in [0.15, 0.2) is 0 Å². The molecule has 5 fully saturated rings. The summed E-state index contributed by atoms with van der Waals surface area (Å²) in [5, 5.41) is 0.614. The SMILES string of the molecule is Cc1cc(Cl)nc(N2C(=O)CSC2C23CC4CC(CC(C4)C2)C3)n1. The fraction of sp³-hybridized carbons (Fsp3) is 0.722. The second-order valence-corrected chi connectivity index (χ2v) is 9.79. The van der Waals surface area contributed by atoms with Crippen LogP contribution in [0.2, 0.25) is 5.15 Å². The van der Waals surface area contributed by atoms with E-state index < -0.39 is 0 Å². The summed E-state index contributed by atoms with van der Waals surface area (Å²) in [6.45, 7) is 1.91. The molecule has 2 heterocycles. The van der Waals surface area contributed by atoms with Crippen LogP contribution in [0.3, 0.4) is 0 Å². The molecule has 1 atom stereocenters. The largest absolute Gasteiger partial charge is 0.273 e. The molecule has 1 aromatic heterocycles. The van der Waals surface area contributed by atoms with Gasteiger partial charge in [-0.3, -0.25) is 9.69 Å². The average molecular weight is 364 g/mol. The third-order valence-electron chi connectivity index (χ3n) is 6.50. The molecule has 0 spiro atoms. The van der Waals surface area contributed by atoms with Gasteiger partial charge in [-0.15, -0.1) is 11.8 Å². The maximum atomic E-state index is 12.7. The van der Waals surface area contributed by atoms with E-state index in [2.05, 4.69) is 9.97 Å². The molecule has 0 aromatic carbocycles. The Hall–Kier alpha value is -0.810. The number of carbonyl (C=O) groups excluding carboxylic acids is 1. The van der Waals surface area contributed by atoms with Crippen LogP contribution in [0, 0.1) is 30.1 Å². The monoisotopic (exact) mass is 363 g/mol. The first-order valence-corrected chi connectivity index (χ1v) is 10.4. The van der Waals surface area contributed by atoms with Gasteiger partial charge in [0.2, 0.25) is 11.9 Å². The molecule has 128 valence electrons. The van der Waals surface area contributed by atoms with Crippen LogP contribution in [-0.4, -0.2) is 27.0 Å². The number of amides is 1. The number of aryl methyl sites for hydroxylation is 1. The number of thioether (sulfide) groups is 1. The quantitative estimate of drug-likeness (QED) is 0.743. The molecule has 4 aliphatic carbocycles. The van der Waals surface area contributed by atoms with E-state index in [0.29, 0.717) is 16.9 Å². The van der Waals surface area contributed by atoms with Crippen LogP contribution in [-0.2, 0) is 4.79 Å². The lowest BCUT2D eigenvalue weighted by atomic mass is 9.49. The lowest BCUT2D eigenvalue weighted by molar-refractivity contribution is -0.117. The van der Waals surface area contributed by atoms with E-state index in [1.54, 1.807) is 17.8 Å². The number of hydrogen-bond donors (Lipinski definition) is 0. The molecule has 4 saturated carbocycles. The second-order valence-electron chi connectivity index (χ2n) is 8.34. The maximum Gasteiger partial charge on any atom is 0.240 e. The van der Waals surface area contributed by atoms with E-state index in [9.17, 15) is 4.79 Å². The average Bonchev–Trinajstić information content (AvgIpc) is 2.87. The topological polar surface area (TPSA) is 46.1 Å². The molecule has 1 unspecified atom stereocenters. The number of anilines is 1. The van der Waals surface area contributed by atoms with E-state index in [-0.39, 0.29) is 16.7 Å². The van der Waals surface area contributed by atoms with Crippen molar-refractivity contribution in [1.82, 2.24) is 9.97 Å². The molecule has 1 saturated heterocycles. The van der Waals surface area contributed by atoms with E-state index in [1.165, 1.54) is 38.5 Å². The summed E-state index contributed by atoms with van der Waals surface area (Å²) in [7, 11) is 0. The number of hydrogen-bond acceptors (Lipinski definition) is 4. The molecule has 0 radical (unpaired) electrons. The zero-order chi connectivity index (χ0) is 16.5. The highest BCUT2D eigenvalue weighted by molar-refractivity contribution is 8.01. The Balaban J connectivity index is 1.54. The molecule has 1 amide bonds. The molecule has 4 bridgehead atoms. The number of aromatic nitrogens is 2. The minimum Gasteiger partial charge on any atom is -0.273 e. The molecule has 0 N–H and O–H groups in total. The summed E-state index contributed by atoms with van der Waals surface area (Å²) in [5.74, 6) is 3.81. The van der Waals surface area contributed by atoms with Crippen molar-refractivity contribution in [2.75, 3.05) is 10.7 Å². The zero-order valence-electron chi connectivity index (χ0n) is 13.9. The van der Waals surface area contributed by atoms with Gasteiger partial charge in [-0.1, -0.05) is 11.6 Å². The van der Waals surface area contributed by atoms with Crippen LogP contribution >= 0.6 is 23.4 Å². The van der Waals surface area contributed by atoms with E-state index in [1.807, 2.05) is 11.8 Å². The van der Waals surface area contributed by atoms with E-state index in [0.717, 1.165) is 23.4 Å². The van der Waals surface area contributed by atoms with Crippen molar-refractivity contribution >= 4 is 35.2 Å². The molecular formula is C18H22ClN3OS. The molecule has 6 heteroatoms. The van der Waals surface area contributed by atoms with Crippen LogP contribution in [0.5, 0.6) is 0 Å². The summed E-state index contributed by atoms with van der Waals surface area (Å²) >= 11 is 7.95. The van der Waals surface area contributed by atoms with Crippen molar-refractivity contribution in [2.24, 2.45) is 23.2 Å². The highest BCUT2D eigenvalue weighted by Crippen LogP contribution is 2.64. The Labute approximate surface area is 151 Å². The van der Waals surface area contributed by atoms with Crippen LogP contribution < -0.4 is 4.90 Å². The van der Waals surface area contributed by atoms with Crippen molar-refractivity contribution in [2.45, 2.75) is 50.8 Å². The maximum absolute atomic E-state index is 12.7. The first-order chi connectivity index (χ1) is 11.5. The lowest BCUT2D eigenvalue weighted by Gasteiger charge is -2.59. The first-order valence-electron chi connectivity index (χ1n) is 8.97.